The molecule has 0 aromatic heterocycles. The van der Waals surface area contributed by atoms with Crippen molar-refractivity contribution < 1.29 is 5.11 Å². The van der Waals surface area contributed by atoms with Gasteiger partial charge in [-0.15, -0.1) is 12.4 Å². The maximum absolute atomic E-state index is 10.1. The fraction of sp³-hybridized carbons (Fsp3) is 0.538. The van der Waals surface area contributed by atoms with Crippen LogP contribution in [0, 0.1) is 19.3 Å². The molecular weight excluding hydrogens is 222 g/mol. The molecule has 90 valence electrons. The van der Waals surface area contributed by atoms with Gasteiger partial charge in [-0.25, -0.2) is 0 Å². The number of benzene rings is 1. The molecule has 3 N–H and O–H groups in total. The third kappa shape index (κ3) is 1.70. The van der Waals surface area contributed by atoms with Gasteiger partial charge in [0.05, 0.1) is 0 Å². The lowest BCUT2D eigenvalue weighted by Gasteiger charge is -2.23. The van der Waals surface area contributed by atoms with Crippen LogP contribution in [-0.2, 0) is 6.42 Å². The molecule has 0 amide bonds. The molecule has 3 heteroatoms. The van der Waals surface area contributed by atoms with Crippen molar-refractivity contribution in [1.82, 2.24) is 0 Å². The highest BCUT2D eigenvalue weighted by atomic mass is 35.5. The third-order valence-corrected chi connectivity index (χ3v) is 3.65. The van der Waals surface area contributed by atoms with Gasteiger partial charge in [0.15, 0.2) is 0 Å². The second kappa shape index (κ2) is 3.94. The monoisotopic (exact) mass is 241 g/mol. The van der Waals surface area contributed by atoms with Gasteiger partial charge in [0, 0.05) is 11.6 Å². The van der Waals surface area contributed by atoms with Crippen molar-refractivity contribution in [1.29, 1.82) is 0 Å². The summed E-state index contributed by atoms with van der Waals surface area (Å²) in [4.78, 5) is 0. The molecule has 1 aromatic carbocycles. The molecule has 1 aliphatic carbocycles. The lowest BCUT2D eigenvalue weighted by Crippen LogP contribution is -2.24. The van der Waals surface area contributed by atoms with E-state index in [1.807, 2.05) is 13.0 Å². The van der Waals surface area contributed by atoms with Crippen LogP contribution in [0.25, 0.3) is 0 Å². The van der Waals surface area contributed by atoms with E-state index in [2.05, 4.69) is 20.8 Å². The second-order valence-corrected chi connectivity index (χ2v) is 5.39. The van der Waals surface area contributed by atoms with E-state index in [0.717, 1.165) is 17.5 Å². The number of nitrogens with two attached hydrogens (primary N) is 1. The molecule has 0 aliphatic heterocycles. The minimum Gasteiger partial charge on any atom is -0.507 e. The normalized spacial score (nSPS) is 21.4. The van der Waals surface area contributed by atoms with E-state index in [1.165, 1.54) is 11.1 Å². The van der Waals surface area contributed by atoms with E-state index in [0.29, 0.717) is 5.75 Å². The number of hydrogen-bond donors (Lipinski definition) is 2. The number of aryl methyl sites for hydroxylation is 2. The maximum Gasteiger partial charge on any atom is 0.123 e. The van der Waals surface area contributed by atoms with Crippen LogP contribution < -0.4 is 5.73 Å². The van der Waals surface area contributed by atoms with Crippen LogP contribution in [0.4, 0.5) is 0 Å². The lowest BCUT2D eigenvalue weighted by molar-refractivity contribution is 0.314. The van der Waals surface area contributed by atoms with Crippen molar-refractivity contribution in [3.8, 4) is 5.75 Å². The average Bonchev–Trinajstić information content (AvgIpc) is 2.36. The van der Waals surface area contributed by atoms with Crippen molar-refractivity contribution in [2.24, 2.45) is 11.1 Å². The Labute approximate surface area is 103 Å². The number of hydrogen-bond acceptors (Lipinski definition) is 2. The van der Waals surface area contributed by atoms with Crippen molar-refractivity contribution in [3.63, 3.8) is 0 Å². The molecule has 1 aromatic rings. The molecule has 2 nitrogen and oxygen atoms in total. The van der Waals surface area contributed by atoms with Gasteiger partial charge in [0.1, 0.15) is 5.75 Å². The van der Waals surface area contributed by atoms with Crippen molar-refractivity contribution in [2.45, 2.75) is 40.2 Å². The first-order valence-electron chi connectivity index (χ1n) is 5.42. The quantitative estimate of drug-likeness (QED) is 0.734. The van der Waals surface area contributed by atoms with Crippen molar-refractivity contribution in [2.75, 3.05) is 0 Å². The summed E-state index contributed by atoms with van der Waals surface area (Å²) in [7, 11) is 0. The summed E-state index contributed by atoms with van der Waals surface area (Å²) >= 11 is 0. The summed E-state index contributed by atoms with van der Waals surface area (Å²) < 4.78 is 0. The number of halogens is 1. The highest BCUT2D eigenvalue weighted by Crippen LogP contribution is 2.49. The topological polar surface area (TPSA) is 46.2 Å². The second-order valence-electron chi connectivity index (χ2n) is 5.39. The fourth-order valence-corrected chi connectivity index (χ4v) is 2.57. The van der Waals surface area contributed by atoms with Crippen LogP contribution in [0.1, 0.15) is 42.1 Å². The van der Waals surface area contributed by atoms with Crippen LogP contribution >= 0.6 is 12.4 Å². The first kappa shape index (κ1) is 13.3. The molecule has 0 fully saturated rings. The van der Waals surface area contributed by atoms with Crippen LogP contribution in [0.2, 0.25) is 0 Å². The summed E-state index contributed by atoms with van der Waals surface area (Å²) in [6, 6.07) is 1.99. The van der Waals surface area contributed by atoms with Crippen molar-refractivity contribution in [3.05, 3.63) is 28.3 Å². The molecule has 0 saturated heterocycles. The Morgan fingerprint density at radius 1 is 1.31 bits per heavy atom. The minimum absolute atomic E-state index is 0. The molecule has 16 heavy (non-hydrogen) atoms. The zero-order chi connectivity index (χ0) is 11.4. The Kier molecular flexibility index (Phi) is 3.28. The number of phenolic OH excluding ortho intramolecular Hbond substituents is 1. The van der Waals surface area contributed by atoms with E-state index in [4.69, 9.17) is 5.73 Å². The van der Waals surface area contributed by atoms with Gasteiger partial charge in [-0.2, -0.15) is 0 Å². The van der Waals surface area contributed by atoms with E-state index in [1.54, 1.807) is 0 Å². The van der Waals surface area contributed by atoms with Crippen LogP contribution in [0.3, 0.4) is 0 Å². The van der Waals surface area contributed by atoms with Crippen LogP contribution in [-0.4, -0.2) is 5.11 Å². The fourth-order valence-electron chi connectivity index (χ4n) is 2.57. The summed E-state index contributed by atoms with van der Waals surface area (Å²) in [5, 5.41) is 10.1. The average molecular weight is 242 g/mol. The molecule has 2 rings (SSSR count). The van der Waals surface area contributed by atoms with Gasteiger partial charge in [0.25, 0.3) is 0 Å². The SMILES string of the molecule is Cc1cc(C)c2c(c1O)C(N)C(C)(C)C2.Cl. The Bertz CT molecular complexity index is 426. The highest BCUT2D eigenvalue weighted by Gasteiger charge is 2.39. The Morgan fingerprint density at radius 2 is 1.88 bits per heavy atom. The smallest absolute Gasteiger partial charge is 0.123 e. The number of rotatable bonds is 0. The minimum atomic E-state index is -0.0499. The van der Waals surface area contributed by atoms with Crippen LogP contribution in [0.5, 0.6) is 5.75 Å². The molecular formula is C13H20ClNO. The van der Waals surface area contributed by atoms with Gasteiger partial charge < -0.3 is 10.8 Å². The lowest BCUT2D eigenvalue weighted by atomic mass is 9.86. The molecule has 0 spiro atoms. The molecule has 1 aliphatic rings. The summed E-state index contributed by atoms with van der Waals surface area (Å²) in [5.74, 6) is 0.397. The molecule has 0 radical (unpaired) electrons. The summed E-state index contributed by atoms with van der Waals surface area (Å²) in [6.45, 7) is 8.35. The van der Waals surface area contributed by atoms with Crippen LogP contribution in [0.15, 0.2) is 6.07 Å². The number of fused-ring (bicyclic) bond motifs is 1. The largest absolute Gasteiger partial charge is 0.507 e. The molecule has 1 atom stereocenters. The molecule has 1 unspecified atom stereocenters. The van der Waals surface area contributed by atoms with E-state index < -0.39 is 0 Å². The van der Waals surface area contributed by atoms with E-state index in [9.17, 15) is 5.11 Å². The molecule has 0 heterocycles. The maximum atomic E-state index is 10.1. The first-order chi connectivity index (χ1) is 6.84. The first-order valence-corrected chi connectivity index (χ1v) is 5.42. The van der Waals surface area contributed by atoms with Gasteiger partial charge in [-0.3, -0.25) is 0 Å². The summed E-state index contributed by atoms with van der Waals surface area (Å²) in [5.41, 5.74) is 10.7. The summed E-state index contributed by atoms with van der Waals surface area (Å²) in [6.07, 6.45) is 0.961. The predicted molar refractivity (Wildman–Crippen MR) is 69.2 cm³/mol. The third-order valence-electron chi connectivity index (χ3n) is 3.65. The molecule has 0 saturated carbocycles. The Morgan fingerprint density at radius 3 is 2.44 bits per heavy atom. The Balaban J connectivity index is 0.00000128. The zero-order valence-corrected chi connectivity index (χ0v) is 11.1. The van der Waals surface area contributed by atoms with Gasteiger partial charge >= 0.3 is 0 Å². The van der Waals surface area contributed by atoms with Gasteiger partial charge in [-0.05, 0) is 42.4 Å². The highest BCUT2D eigenvalue weighted by molar-refractivity contribution is 5.85. The van der Waals surface area contributed by atoms with Gasteiger partial charge in [-0.1, -0.05) is 19.9 Å². The van der Waals surface area contributed by atoms with E-state index in [-0.39, 0.29) is 23.9 Å². The zero-order valence-electron chi connectivity index (χ0n) is 10.3. The van der Waals surface area contributed by atoms with Gasteiger partial charge in [0.2, 0.25) is 0 Å². The van der Waals surface area contributed by atoms with E-state index >= 15 is 0 Å². The Hall–Kier alpha value is -0.730. The van der Waals surface area contributed by atoms with Crippen molar-refractivity contribution >= 4 is 12.4 Å². The predicted octanol–water partition coefficient (Wildman–Crippen LogP) is 3.01. The molecule has 0 bridgehead atoms. The number of phenols is 1. The standard InChI is InChI=1S/C13H19NO.ClH/c1-7-5-8(2)11(15)10-9(7)6-13(3,4)12(10)14;/h5,12,15H,6,14H2,1-4H3;1H. The number of aromatic hydroxyl groups is 1.